The smallest absolute Gasteiger partial charge is 0.269 e. The Balaban J connectivity index is 1.64. The maximum Gasteiger partial charge on any atom is 0.269 e. The Kier molecular flexibility index (Phi) is 4.64. The van der Waals surface area contributed by atoms with E-state index in [4.69, 9.17) is 9.15 Å². The first-order valence-electron chi connectivity index (χ1n) is 9.02. The van der Waals surface area contributed by atoms with Gasteiger partial charge in [-0.15, -0.1) is 0 Å². The summed E-state index contributed by atoms with van der Waals surface area (Å²) in [5.74, 6) is -0.243. The molecule has 0 saturated carbocycles. The molecule has 0 aliphatic heterocycles. The van der Waals surface area contributed by atoms with Crippen molar-refractivity contribution in [2.45, 2.75) is 12.8 Å². The first-order chi connectivity index (χ1) is 14.0. The summed E-state index contributed by atoms with van der Waals surface area (Å²) in [4.78, 5) is 23.1. The van der Waals surface area contributed by atoms with Crippen LogP contribution in [-0.4, -0.2) is 17.9 Å². The lowest BCUT2D eigenvalue weighted by Gasteiger charge is -2.15. The molecule has 0 radical (unpaired) electrons. The standard InChI is InChI=1S/C22H18N2O5/c1-13(14-7-9-15(10-8-14)24(26)27)22(25)23-18-12-20-17(11-21(18)28-2)16-5-3-4-6-19(16)29-20/h3-13H,1-2H3,(H,23,25)/t13-/m1/s1. The lowest BCUT2D eigenvalue weighted by Crippen LogP contribution is -2.19. The van der Waals surface area contributed by atoms with E-state index in [1.807, 2.05) is 30.3 Å². The third-order valence-electron chi connectivity index (χ3n) is 4.95. The molecule has 0 spiro atoms. The van der Waals surface area contributed by atoms with E-state index < -0.39 is 10.8 Å². The average Bonchev–Trinajstić information content (AvgIpc) is 3.09. The van der Waals surface area contributed by atoms with Crippen LogP contribution in [-0.2, 0) is 4.79 Å². The van der Waals surface area contributed by atoms with Gasteiger partial charge in [-0.25, -0.2) is 0 Å². The Morgan fingerprint density at radius 1 is 1.07 bits per heavy atom. The zero-order chi connectivity index (χ0) is 20.5. The molecular weight excluding hydrogens is 372 g/mol. The highest BCUT2D eigenvalue weighted by Crippen LogP contribution is 2.36. The largest absolute Gasteiger partial charge is 0.495 e. The fourth-order valence-electron chi connectivity index (χ4n) is 3.30. The van der Waals surface area contributed by atoms with Gasteiger partial charge in [0.25, 0.3) is 5.69 Å². The molecule has 1 atom stereocenters. The van der Waals surface area contributed by atoms with Crippen molar-refractivity contribution in [3.63, 3.8) is 0 Å². The Bertz CT molecular complexity index is 1230. The number of carbonyl (C=O) groups excluding carboxylic acids is 1. The van der Waals surface area contributed by atoms with Gasteiger partial charge in [0.05, 0.1) is 23.6 Å². The van der Waals surface area contributed by atoms with E-state index in [1.165, 1.54) is 12.1 Å². The Hall–Kier alpha value is -3.87. The number of fused-ring (bicyclic) bond motifs is 3. The quantitative estimate of drug-likeness (QED) is 0.371. The number of nitro groups is 1. The molecule has 0 bridgehead atoms. The van der Waals surface area contributed by atoms with Crippen LogP contribution in [0.3, 0.4) is 0 Å². The number of hydrogen-bond donors (Lipinski definition) is 1. The van der Waals surface area contributed by atoms with E-state index in [9.17, 15) is 14.9 Å². The van der Waals surface area contributed by atoms with E-state index in [-0.39, 0.29) is 11.6 Å². The first-order valence-corrected chi connectivity index (χ1v) is 9.02. The Morgan fingerprint density at radius 3 is 2.48 bits per heavy atom. The predicted molar refractivity (Wildman–Crippen MR) is 110 cm³/mol. The molecule has 7 nitrogen and oxygen atoms in total. The molecule has 146 valence electrons. The second kappa shape index (κ2) is 7.27. The number of nitrogens with zero attached hydrogens (tertiary/aromatic N) is 1. The lowest BCUT2D eigenvalue weighted by molar-refractivity contribution is -0.384. The van der Waals surface area contributed by atoms with Crippen LogP contribution in [0.2, 0.25) is 0 Å². The molecular formula is C22H18N2O5. The van der Waals surface area contributed by atoms with Gasteiger partial charge >= 0.3 is 0 Å². The Morgan fingerprint density at radius 2 is 1.79 bits per heavy atom. The zero-order valence-electron chi connectivity index (χ0n) is 15.8. The third kappa shape index (κ3) is 3.38. The molecule has 0 saturated heterocycles. The number of nitro benzene ring substituents is 1. The second-order valence-electron chi connectivity index (χ2n) is 6.71. The van der Waals surface area contributed by atoms with Crippen LogP contribution >= 0.6 is 0 Å². The van der Waals surface area contributed by atoms with Crippen molar-refractivity contribution in [1.29, 1.82) is 0 Å². The first kappa shape index (κ1) is 18.5. The van der Waals surface area contributed by atoms with Gasteiger partial charge in [-0.05, 0) is 24.6 Å². The molecule has 0 aliphatic carbocycles. The van der Waals surface area contributed by atoms with Crippen molar-refractivity contribution < 1.29 is 18.9 Å². The monoisotopic (exact) mass is 390 g/mol. The van der Waals surface area contributed by atoms with Crippen LogP contribution in [0.4, 0.5) is 11.4 Å². The average molecular weight is 390 g/mol. The zero-order valence-corrected chi connectivity index (χ0v) is 15.8. The molecule has 4 aromatic rings. The van der Waals surface area contributed by atoms with Gasteiger partial charge in [0, 0.05) is 29.0 Å². The van der Waals surface area contributed by atoms with E-state index >= 15 is 0 Å². The summed E-state index contributed by atoms with van der Waals surface area (Å²) in [6.07, 6.45) is 0. The number of benzene rings is 3. The Labute approximate surface area is 166 Å². The van der Waals surface area contributed by atoms with Crippen LogP contribution < -0.4 is 10.1 Å². The van der Waals surface area contributed by atoms with E-state index in [2.05, 4.69) is 5.32 Å². The third-order valence-corrected chi connectivity index (χ3v) is 4.95. The summed E-state index contributed by atoms with van der Waals surface area (Å²) in [6.45, 7) is 1.74. The number of para-hydroxylation sites is 1. The van der Waals surface area contributed by atoms with Crippen LogP contribution in [0.25, 0.3) is 21.9 Å². The summed E-state index contributed by atoms with van der Waals surface area (Å²) in [5.41, 5.74) is 2.56. The van der Waals surface area contributed by atoms with E-state index in [0.717, 1.165) is 16.4 Å². The minimum Gasteiger partial charge on any atom is -0.495 e. The van der Waals surface area contributed by atoms with E-state index in [1.54, 1.807) is 32.2 Å². The molecule has 1 heterocycles. The van der Waals surface area contributed by atoms with Crippen LogP contribution in [0.5, 0.6) is 5.75 Å². The maximum absolute atomic E-state index is 12.8. The SMILES string of the molecule is COc1cc2c(cc1NC(=O)[C@H](C)c1ccc([N+](=O)[O-])cc1)oc1ccccc12. The summed E-state index contributed by atoms with van der Waals surface area (Å²) in [6, 6.07) is 17.2. The van der Waals surface area contributed by atoms with Crippen LogP contribution in [0.1, 0.15) is 18.4 Å². The van der Waals surface area contributed by atoms with Crippen molar-refractivity contribution >= 4 is 39.2 Å². The van der Waals surface area contributed by atoms with Crippen molar-refractivity contribution in [2.24, 2.45) is 0 Å². The highest BCUT2D eigenvalue weighted by atomic mass is 16.6. The van der Waals surface area contributed by atoms with Crippen molar-refractivity contribution in [3.8, 4) is 5.75 Å². The normalized spacial score (nSPS) is 12.1. The van der Waals surface area contributed by atoms with Gasteiger partial charge in [-0.2, -0.15) is 0 Å². The molecule has 0 fully saturated rings. The van der Waals surface area contributed by atoms with Gasteiger partial charge in [0.1, 0.15) is 16.9 Å². The molecule has 3 aromatic carbocycles. The number of amides is 1. The number of methoxy groups -OCH3 is 1. The number of nitrogens with one attached hydrogen (secondary N) is 1. The number of non-ortho nitro benzene ring substituents is 1. The molecule has 1 N–H and O–H groups in total. The summed E-state index contributed by atoms with van der Waals surface area (Å²) in [7, 11) is 1.54. The summed E-state index contributed by atoms with van der Waals surface area (Å²) in [5, 5.41) is 15.6. The number of carbonyl (C=O) groups is 1. The molecule has 7 heteroatoms. The molecule has 29 heavy (non-hydrogen) atoms. The van der Waals surface area contributed by atoms with Crippen LogP contribution in [0.15, 0.2) is 65.1 Å². The van der Waals surface area contributed by atoms with Gasteiger partial charge in [-0.3, -0.25) is 14.9 Å². The molecule has 0 aliphatic rings. The molecule has 1 amide bonds. The molecule has 4 rings (SSSR count). The summed E-state index contributed by atoms with van der Waals surface area (Å²) >= 11 is 0. The number of rotatable bonds is 5. The number of ether oxygens (including phenoxy) is 1. The predicted octanol–water partition coefficient (Wildman–Crippen LogP) is 5.25. The van der Waals surface area contributed by atoms with Gasteiger partial charge < -0.3 is 14.5 Å². The van der Waals surface area contributed by atoms with Crippen molar-refractivity contribution in [1.82, 2.24) is 0 Å². The number of anilines is 1. The fourth-order valence-corrected chi connectivity index (χ4v) is 3.30. The highest BCUT2D eigenvalue weighted by Gasteiger charge is 2.19. The highest BCUT2D eigenvalue weighted by molar-refractivity contribution is 6.08. The van der Waals surface area contributed by atoms with Gasteiger partial charge in [0.2, 0.25) is 5.91 Å². The lowest BCUT2D eigenvalue weighted by atomic mass is 10.00. The van der Waals surface area contributed by atoms with E-state index in [0.29, 0.717) is 22.6 Å². The van der Waals surface area contributed by atoms with Crippen molar-refractivity contribution in [2.75, 3.05) is 12.4 Å². The minimum atomic E-state index is -0.508. The fraction of sp³-hybridized carbons (Fsp3) is 0.136. The number of hydrogen-bond acceptors (Lipinski definition) is 5. The van der Waals surface area contributed by atoms with Gasteiger partial charge in [-0.1, -0.05) is 30.3 Å². The number of furan rings is 1. The topological polar surface area (TPSA) is 94.6 Å². The van der Waals surface area contributed by atoms with Crippen molar-refractivity contribution in [3.05, 3.63) is 76.3 Å². The second-order valence-corrected chi connectivity index (χ2v) is 6.71. The molecule has 0 unspecified atom stereocenters. The maximum atomic E-state index is 12.8. The molecule has 1 aromatic heterocycles. The summed E-state index contributed by atoms with van der Waals surface area (Å²) < 4.78 is 11.4. The minimum absolute atomic E-state index is 0.0154. The van der Waals surface area contributed by atoms with Crippen LogP contribution in [0, 0.1) is 10.1 Å². The van der Waals surface area contributed by atoms with Gasteiger partial charge in [0.15, 0.2) is 0 Å².